The summed E-state index contributed by atoms with van der Waals surface area (Å²) in [5.74, 6) is 3.93. The van der Waals surface area contributed by atoms with Crippen molar-refractivity contribution in [2.75, 3.05) is 35.7 Å². The van der Waals surface area contributed by atoms with Crippen molar-refractivity contribution < 1.29 is 4.92 Å². The van der Waals surface area contributed by atoms with Crippen LogP contribution in [0.25, 0.3) is 0 Å². The lowest BCUT2D eigenvalue weighted by Gasteiger charge is -2.21. The van der Waals surface area contributed by atoms with Gasteiger partial charge in [0.15, 0.2) is 0 Å². The fourth-order valence-electron chi connectivity index (χ4n) is 2.06. The molecule has 2 rings (SSSR count). The van der Waals surface area contributed by atoms with Crippen LogP contribution in [0, 0.1) is 16.0 Å². The number of rotatable bonds is 5. The van der Waals surface area contributed by atoms with Gasteiger partial charge in [-0.25, -0.2) is 4.98 Å². The number of thioether (sulfide) groups is 1. The number of pyridine rings is 1. The van der Waals surface area contributed by atoms with Crippen molar-refractivity contribution in [3.05, 3.63) is 22.2 Å². The van der Waals surface area contributed by atoms with E-state index < -0.39 is 4.92 Å². The van der Waals surface area contributed by atoms with Crippen LogP contribution in [0.1, 0.15) is 12.8 Å². The van der Waals surface area contributed by atoms with E-state index in [1.165, 1.54) is 17.6 Å². The zero-order valence-electron chi connectivity index (χ0n) is 10.9. The molecule has 0 radical (unpaired) electrons. The van der Waals surface area contributed by atoms with Crippen molar-refractivity contribution in [2.45, 2.75) is 12.8 Å². The highest BCUT2D eigenvalue weighted by atomic mass is 32.2. The maximum Gasteiger partial charge on any atom is 0.311 e. The van der Waals surface area contributed by atoms with Gasteiger partial charge in [0.05, 0.1) is 4.92 Å². The number of nitrogens with one attached hydrogen (secondary N) is 2. The van der Waals surface area contributed by atoms with Gasteiger partial charge in [-0.2, -0.15) is 11.8 Å². The molecule has 0 unspecified atom stereocenters. The summed E-state index contributed by atoms with van der Waals surface area (Å²) >= 11 is 1.97. The molecule has 0 spiro atoms. The van der Waals surface area contributed by atoms with Gasteiger partial charge >= 0.3 is 5.69 Å². The van der Waals surface area contributed by atoms with E-state index in [9.17, 15) is 10.1 Å². The van der Waals surface area contributed by atoms with Crippen LogP contribution in [-0.4, -0.2) is 35.0 Å². The molecule has 0 aliphatic carbocycles. The molecule has 0 aromatic carbocycles. The zero-order chi connectivity index (χ0) is 13.7. The molecule has 1 fully saturated rings. The third-order valence-electron chi connectivity index (χ3n) is 3.23. The predicted octanol–water partition coefficient (Wildman–Crippen LogP) is 2.59. The summed E-state index contributed by atoms with van der Waals surface area (Å²) in [6.45, 7) is 0.752. The molecule has 2 N–H and O–H groups in total. The quantitative estimate of drug-likeness (QED) is 0.638. The molecule has 104 valence electrons. The van der Waals surface area contributed by atoms with Crippen molar-refractivity contribution in [1.82, 2.24) is 4.98 Å². The maximum absolute atomic E-state index is 11.0. The molecule has 2 heterocycles. The van der Waals surface area contributed by atoms with E-state index in [4.69, 9.17) is 0 Å². The second-order valence-corrected chi connectivity index (χ2v) is 5.73. The van der Waals surface area contributed by atoms with Crippen LogP contribution in [-0.2, 0) is 0 Å². The topological polar surface area (TPSA) is 80.1 Å². The Morgan fingerprint density at radius 2 is 2.21 bits per heavy atom. The predicted molar refractivity (Wildman–Crippen MR) is 79.0 cm³/mol. The Balaban J connectivity index is 2.06. The van der Waals surface area contributed by atoms with Gasteiger partial charge in [-0.3, -0.25) is 10.1 Å². The fraction of sp³-hybridized carbons (Fsp3) is 0.583. The van der Waals surface area contributed by atoms with Crippen LogP contribution in [0.4, 0.5) is 17.3 Å². The Morgan fingerprint density at radius 1 is 1.47 bits per heavy atom. The molecule has 0 amide bonds. The standard InChI is InChI=1S/C12H18N4O2S/c1-13-11-3-2-10(16(17)18)12(15-11)14-8-9-4-6-19-7-5-9/h2-3,9H,4-8H2,1H3,(H2,13,14,15). The fourth-order valence-corrected chi connectivity index (χ4v) is 3.26. The summed E-state index contributed by atoms with van der Waals surface area (Å²) in [7, 11) is 1.75. The molecule has 1 aliphatic rings. The van der Waals surface area contributed by atoms with E-state index in [1.54, 1.807) is 13.1 Å². The van der Waals surface area contributed by atoms with Gasteiger partial charge in [0, 0.05) is 19.7 Å². The van der Waals surface area contributed by atoms with E-state index in [-0.39, 0.29) is 5.69 Å². The summed E-state index contributed by atoms with van der Waals surface area (Å²) in [4.78, 5) is 14.8. The average Bonchev–Trinajstić information content (AvgIpc) is 2.45. The molecule has 19 heavy (non-hydrogen) atoms. The third kappa shape index (κ3) is 3.73. The summed E-state index contributed by atoms with van der Waals surface area (Å²) in [6, 6.07) is 3.10. The third-order valence-corrected chi connectivity index (χ3v) is 4.27. The van der Waals surface area contributed by atoms with Crippen LogP contribution >= 0.6 is 11.8 Å². The van der Waals surface area contributed by atoms with E-state index in [1.807, 2.05) is 11.8 Å². The van der Waals surface area contributed by atoms with Gasteiger partial charge in [-0.1, -0.05) is 0 Å². The Bertz CT molecular complexity index is 449. The lowest BCUT2D eigenvalue weighted by molar-refractivity contribution is -0.384. The maximum atomic E-state index is 11.0. The molecular formula is C12H18N4O2S. The van der Waals surface area contributed by atoms with Gasteiger partial charge in [0.2, 0.25) is 5.82 Å². The minimum absolute atomic E-state index is 0.0317. The molecule has 0 bridgehead atoms. The van der Waals surface area contributed by atoms with E-state index >= 15 is 0 Å². The van der Waals surface area contributed by atoms with Gasteiger partial charge in [0.1, 0.15) is 5.82 Å². The van der Waals surface area contributed by atoms with Gasteiger partial charge in [-0.15, -0.1) is 0 Å². The number of nitro groups is 1. The molecule has 7 heteroatoms. The highest BCUT2D eigenvalue weighted by Gasteiger charge is 2.18. The summed E-state index contributed by atoms with van der Waals surface area (Å²) in [5, 5.41) is 17.0. The van der Waals surface area contributed by atoms with Crippen LogP contribution in [0.15, 0.2) is 12.1 Å². The van der Waals surface area contributed by atoms with Crippen molar-refractivity contribution in [2.24, 2.45) is 5.92 Å². The lowest BCUT2D eigenvalue weighted by atomic mass is 10.0. The molecule has 1 saturated heterocycles. The largest absolute Gasteiger partial charge is 0.373 e. The highest BCUT2D eigenvalue weighted by molar-refractivity contribution is 7.99. The Labute approximate surface area is 116 Å². The van der Waals surface area contributed by atoms with Crippen molar-refractivity contribution in [3.8, 4) is 0 Å². The molecule has 6 nitrogen and oxygen atoms in total. The van der Waals surface area contributed by atoms with Crippen molar-refractivity contribution in [3.63, 3.8) is 0 Å². The van der Waals surface area contributed by atoms with Gasteiger partial charge < -0.3 is 10.6 Å². The SMILES string of the molecule is CNc1ccc([N+](=O)[O-])c(NCC2CCSCC2)n1. The number of anilines is 2. The average molecular weight is 282 g/mol. The van der Waals surface area contributed by atoms with E-state index in [0.717, 1.165) is 19.4 Å². The van der Waals surface area contributed by atoms with Crippen LogP contribution < -0.4 is 10.6 Å². The second-order valence-electron chi connectivity index (χ2n) is 4.51. The first kappa shape index (κ1) is 13.9. The Hall–Kier alpha value is -1.50. The van der Waals surface area contributed by atoms with Crippen LogP contribution in [0.2, 0.25) is 0 Å². The zero-order valence-corrected chi connectivity index (χ0v) is 11.7. The molecular weight excluding hydrogens is 264 g/mol. The molecule has 1 aliphatic heterocycles. The Morgan fingerprint density at radius 3 is 2.84 bits per heavy atom. The monoisotopic (exact) mass is 282 g/mol. The normalized spacial score (nSPS) is 16.1. The van der Waals surface area contributed by atoms with Gasteiger partial charge in [-0.05, 0) is 36.3 Å². The number of hydrogen-bond donors (Lipinski definition) is 2. The second kappa shape index (κ2) is 6.60. The van der Waals surface area contributed by atoms with E-state index in [0.29, 0.717) is 17.6 Å². The van der Waals surface area contributed by atoms with Gasteiger partial charge in [0.25, 0.3) is 0 Å². The number of hydrogen-bond acceptors (Lipinski definition) is 6. The number of nitrogens with zero attached hydrogens (tertiary/aromatic N) is 2. The number of aromatic nitrogens is 1. The summed E-state index contributed by atoms with van der Waals surface area (Å²) in [6.07, 6.45) is 2.33. The molecule has 0 saturated carbocycles. The molecule has 0 atom stereocenters. The minimum Gasteiger partial charge on any atom is -0.373 e. The first-order valence-corrected chi connectivity index (χ1v) is 7.51. The first-order chi connectivity index (χ1) is 9.20. The lowest BCUT2D eigenvalue weighted by Crippen LogP contribution is -2.20. The van der Waals surface area contributed by atoms with Crippen molar-refractivity contribution >= 4 is 29.1 Å². The molecule has 1 aromatic rings. The smallest absolute Gasteiger partial charge is 0.311 e. The summed E-state index contributed by atoms with van der Waals surface area (Å²) < 4.78 is 0. The van der Waals surface area contributed by atoms with Crippen LogP contribution in [0.5, 0.6) is 0 Å². The highest BCUT2D eigenvalue weighted by Crippen LogP contribution is 2.26. The minimum atomic E-state index is -0.397. The first-order valence-electron chi connectivity index (χ1n) is 6.35. The van der Waals surface area contributed by atoms with E-state index in [2.05, 4.69) is 15.6 Å². The van der Waals surface area contributed by atoms with Crippen molar-refractivity contribution in [1.29, 1.82) is 0 Å². The summed E-state index contributed by atoms with van der Waals surface area (Å²) in [5.41, 5.74) is 0.0317. The Kier molecular flexibility index (Phi) is 4.84. The molecule has 1 aromatic heterocycles. The van der Waals surface area contributed by atoms with Crippen LogP contribution in [0.3, 0.4) is 0 Å².